The van der Waals surface area contributed by atoms with Crippen molar-refractivity contribution in [2.24, 2.45) is 0 Å². The zero-order chi connectivity index (χ0) is 8.39. The van der Waals surface area contributed by atoms with Crippen LogP contribution in [0.5, 0.6) is 0 Å². The molecule has 2 rings (SSSR count). The fraction of sp³-hybridized carbons (Fsp3) is 0.125. The molecule has 0 radical (unpaired) electrons. The van der Waals surface area contributed by atoms with E-state index in [2.05, 4.69) is 0 Å². The average molecular weight is 164 g/mol. The average Bonchev–Trinajstić information content (AvgIpc) is 2.17. The first-order chi connectivity index (χ1) is 5.90. The highest BCUT2D eigenvalue weighted by Crippen LogP contribution is 2.16. The molecule has 2 aliphatic rings. The molecule has 0 saturated heterocycles. The summed E-state index contributed by atoms with van der Waals surface area (Å²) >= 11 is 0. The van der Waals surface area contributed by atoms with E-state index >= 15 is 0 Å². The van der Waals surface area contributed by atoms with Gasteiger partial charge in [0, 0.05) is 24.8 Å². The van der Waals surface area contributed by atoms with Crippen LogP contribution < -0.4 is 0 Å². The van der Waals surface area contributed by atoms with Gasteiger partial charge in [-0.3, -0.25) is 9.69 Å². The molecule has 0 aromatic heterocycles. The Morgan fingerprint density at radius 1 is 1.42 bits per heavy atom. The Kier molecular flexibility index (Phi) is 1.59. The zero-order valence-corrected chi connectivity index (χ0v) is 6.38. The van der Waals surface area contributed by atoms with Gasteiger partial charge in [-0.15, -0.1) is 0 Å². The van der Waals surface area contributed by atoms with Crippen molar-refractivity contribution >= 4 is 6.41 Å². The predicted octanol–water partition coefficient (Wildman–Crippen LogP) is 0.574. The molecule has 0 aromatic carbocycles. The number of ether oxygens (including phenoxy) is 1. The molecular formula is C8H8N2O2. The number of rotatable bonds is 1. The fourth-order valence-electron chi connectivity index (χ4n) is 1.09. The van der Waals surface area contributed by atoms with Crippen LogP contribution >= 0.6 is 0 Å². The molecule has 62 valence electrons. The number of carbonyl (C=O) groups is 1. The van der Waals surface area contributed by atoms with E-state index in [1.54, 1.807) is 24.9 Å². The van der Waals surface area contributed by atoms with E-state index in [4.69, 9.17) is 4.74 Å². The SMILES string of the molecule is O=CN1C=CN2C=COCC2=C1. The third-order valence-electron chi connectivity index (χ3n) is 1.70. The van der Waals surface area contributed by atoms with Crippen molar-refractivity contribution in [1.82, 2.24) is 9.80 Å². The van der Waals surface area contributed by atoms with Crippen LogP contribution in [0.4, 0.5) is 0 Å². The topological polar surface area (TPSA) is 32.8 Å². The van der Waals surface area contributed by atoms with Crippen molar-refractivity contribution in [2.45, 2.75) is 0 Å². The molecule has 0 N–H and O–H groups in total. The van der Waals surface area contributed by atoms with Crippen LogP contribution in [0, 0.1) is 0 Å². The lowest BCUT2D eigenvalue weighted by Gasteiger charge is -2.27. The first kappa shape index (κ1) is 6.97. The number of fused-ring (bicyclic) bond motifs is 1. The number of carbonyl (C=O) groups excluding carboxylic acids is 1. The van der Waals surface area contributed by atoms with Crippen molar-refractivity contribution in [2.75, 3.05) is 6.61 Å². The van der Waals surface area contributed by atoms with Crippen LogP contribution in [0.15, 0.2) is 36.8 Å². The largest absolute Gasteiger partial charge is 0.493 e. The maximum atomic E-state index is 10.4. The molecule has 0 atom stereocenters. The molecule has 0 spiro atoms. The lowest BCUT2D eigenvalue weighted by molar-refractivity contribution is -0.114. The quantitative estimate of drug-likeness (QED) is 0.531. The summed E-state index contributed by atoms with van der Waals surface area (Å²) in [6.07, 6.45) is 9.40. The minimum Gasteiger partial charge on any atom is -0.493 e. The summed E-state index contributed by atoms with van der Waals surface area (Å²) in [7, 11) is 0. The molecule has 0 fully saturated rings. The Morgan fingerprint density at radius 3 is 3.17 bits per heavy atom. The fourth-order valence-corrected chi connectivity index (χ4v) is 1.09. The van der Waals surface area contributed by atoms with E-state index in [-0.39, 0.29) is 0 Å². The second kappa shape index (κ2) is 2.73. The molecule has 4 nitrogen and oxygen atoms in total. The molecule has 0 aliphatic carbocycles. The van der Waals surface area contributed by atoms with E-state index in [1.807, 2.05) is 11.1 Å². The molecular weight excluding hydrogens is 156 g/mol. The lowest BCUT2D eigenvalue weighted by Crippen LogP contribution is -2.25. The van der Waals surface area contributed by atoms with Crippen LogP contribution in [-0.2, 0) is 9.53 Å². The van der Waals surface area contributed by atoms with E-state index in [0.717, 1.165) is 12.1 Å². The Morgan fingerprint density at radius 2 is 2.33 bits per heavy atom. The number of hydrogen-bond acceptors (Lipinski definition) is 3. The molecule has 2 aliphatic heterocycles. The number of hydrogen-bond donors (Lipinski definition) is 0. The van der Waals surface area contributed by atoms with Crippen molar-refractivity contribution in [3.8, 4) is 0 Å². The highest BCUT2D eigenvalue weighted by molar-refractivity contribution is 5.52. The molecule has 2 heterocycles. The van der Waals surface area contributed by atoms with Crippen LogP contribution in [0.25, 0.3) is 0 Å². The molecule has 0 bridgehead atoms. The Hall–Kier alpha value is -1.71. The Bertz CT molecular complexity index is 281. The Labute approximate surface area is 70.0 Å². The van der Waals surface area contributed by atoms with Crippen molar-refractivity contribution in [1.29, 1.82) is 0 Å². The lowest BCUT2D eigenvalue weighted by atomic mass is 10.3. The number of amides is 1. The summed E-state index contributed by atoms with van der Waals surface area (Å²) in [6, 6.07) is 0. The highest BCUT2D eigenvalue weighted by Gasteiger charge is 2.13. The monoisotopic (exact) mass is 164 g/mol. The summed E-state index contributed by atoms with van der Waals surface area (Å²) < 4.78 is 5.06. The maximum absolute atomic E-state index is 10.4. The highest BCUT2D eigenvalue weighted by atomic mass is 16.5. The van der Waals surface area contributed by atoms with Gasteiger partial charge in [0.1, 0.15) is 12.9 Å². The van der Waals surface area contributed by atoms with Gasteiger partial charge < -0.3 is 9.64 Å². The van der Waals surface area contributed by atoms with Crippen molar-refractivity contribution in [3.63, 3.8) is 0 Å². The molecule has 4 heteroatoms. The summed E-state index contributed by atoms with van der Waals surface area (Å²) in [5.74, 6) is 0. The van der Waals surface area contributed by atoms with Gasteiger partial charge in [-0.1, -0.05) is 0 Å². The minimum absolute atomic E-state index is 0.505. The van der Waals surface area contributed by atoms with Gasteiger partial charge in [-0.2, -0.15) is 0 Å². The maximum Gasteiger partial charge on any atom is 0.217 e. The molecule has 12 heavy (non-hydrogen) atoms. The predicted molar refractivity (Wildman–Crippen MR) is 42.1 cm³/mol. The van der Waals surface area contributed by atoms with E-state index in [0.29, 0.717) is 6.61 Å². The standard InChI is InChI=1S/C8H8N2O2/c11-7-9-1-2-10-3-4-12-6-8(10)5-9/h1-5,7H,6H2. The summed E-state index contributed by atoms with van der Waals surface area (Å²) in [4.78, 5) is 13.7. The minimum atomic E-state index is 0.505. The van der Waals surface area contributed by atoms with E-state index < -0.39 is 0 Å². The Balaban J connectivity index is 2.24. The van der Waals surface area contributed by atoms with Gasteiger partial charge in [0.15, 0.2) is 0 Å². The summed E-state index contributed by atoms with van der Waals surface area (Å²) in [5, 5.41) is 0. The second-order valence-electron chi connectivity index (χ2n) is 2.47. The van der Waals surface area contributed by atoms with Gasteiger partial charge >= 0.3 is 0 Å². The van der Waals surface area contributed by atoms with Gasteiger partial charge in [0.25, 0.3) is 0 Å². The van der Waals surface area contributed by atoms with Gasteiger partial charge in [-0.05, 0) is 0 Å². The smallest absolute Gasteiger partial charge is 0.217 e. The van der Waals surface area contributed by atoms with Gasteiger partial charge in [0.2, 0.25) is 6.41 Å². The second-order valence-corrected chi connectivity index (χ2v) is 2.47. The normalized spacial score (nSPS) is 19.8. The van der Waals surface area contributed by atoms with Gasteiger partial charge in [0.05, 0.1) is 5.70 Å². The van der Waals surface area contributed by atoms with E-state index in [1.165, 1.54) is 4.90 Å². The molecule has 0 saturated carbocycles. The van der Waals surface area contributed by atoms with Crippen LogP contribution in [-0.4, -0.2) is 22.8 Å². The third kappa shape index (κ3) is 1.07. The third-order valence-corrected chi connectivity index (χ3v) is 1.70. The summed E-state index contributed by atoms with van der Waals surface area (Å²) in [6.45, 7) is 0.505. The van der Waals surface area contributed by atoms with E-state index in [9.17, 15) is 4.79 Å². The van der Waals surface area contributed by atoms with Crippen LogP contribution in [0.3, 0.4) is 0 Å². The van der Waals surface area contributed by atoms with Gasteiger partial charge in [-0.25, -0.2) is 0 Å². The molecule has 0 unspecified atom stereocenters. The van der Waals surface area contributed by atoms with Crippen molar-refractivity contribution < 1.29 is 9.53 Å². The summed E-state index contributed by atoms with van der Waals surface area (Å²) in [5.41, 5.74) is 0.951. The number of nitrogens with zero attached hydrogens (tertiary/aromatic N) is 2. The van der Waals surface area contributed by atoms with Crippen LogP contribution in [0.1, 0.15) is 0 Å². The first-order valence-electron chi connectivity index (χ1n) is 3.58. The molecule has 0 aromatic rings. The van der Waals surface area contributed by atoms with Crippen molar-refractivity contribution in [3.05, 3.63) is 36.8 Å². The van der Waals surface area contributed by atoms with Crippen LogP contribution in [0.2, 0.25) is 0 Å². The first-order valence-corrected chi connectivity index (χ1v) is 3.58. The molecule has 1 amide bonds. The zero-order valence-electron chi connectivity index (χ0n) is 6.38.